The molecule has 90 valence electrons. The summed E-state index contributed by atoms with van der Waals surface area (Å²) in [6.45, 7) is 6.67. The summed E-state index contributed by atoms with van der Waals surface area (Å²) in [4.78, 5) is 0. The molecule has 0 aliphatic heterocycles. The van der Waals surface area contributed by atoms with E-state index in [1.54, 1.807) is 12.1 Å². The average Bonchev–Trinajstić information content (AvgIpc) is 2.16. The highest BCUT2D eigenvalue weighted by atomic mass is 19.1. The third-order valence-electron chi connectivity index (χ3n) is 3.00. The summed E-state index contributed by atoms with van der Waals surface area (Å²) >= 11 is 0. The Morgan fingerprint density at radius 1 is 1.31 bits per heavy atom. The lowest BCUT2D eigenvalue weighted by Crippen LogP contribution is -2.38. The maximum absolute atomic E-state index is 13.0. The molecule has 0 saturated carbocycles. The number of hydrogen-bond acceptors (Lipinski definition) is 1. The predicted molar refractivity (Wildman–Crippen MR) is 67.0 cm³/mol. The zero-order valence-electron chi connectivity index (χ0n) is 10.7. The van der Waals surface area contributed by atoms with Gasteiger partial charge in [0.1, 0.15) is 5.82 Å². The van der Waals surface area contributed by atoms with Crippen LogP contribution in [0.1, 0.15) is 32.8 Å². The molecule has 1 unspecified atom stereocenters. The van der Waals surface area contributed by atoms with Crippen LogP contribution in [0.2, 0.25) is 0 Å². The molecule has 1 N–H and O–H groups in total. The fraction of sp³-hybridized carbons (Fsp3) is 0.571. The van der Waals surface area contributed by atoms with Crippen molar-refractivity contribution in [3.05, 3.63) is 35.6 Å². The molecule has 1 atom stereocenters. The van der Waals surface area contributed by atoms with Gasteiger partial charge in [0.05, 0.1) is 0 Å². The first kappa shape index (κ1) is 13.2. The van der Waals surface area contributed by atoms with Crippen LogP contribution in [0.4, 0.5) is 4.39 Å². The minimum Gasteiger partial charge on any atom is -0.316 e. The molecule has 0 spiro atoms. The molecule has 0 aliphatic carbocycles. The van der Waals surface area contributed by atoms with Gasteiger partial charge in [-0.2, -0.15) is 0 Å². The van der Waals surface area contributed by atoms with Gasteiger partial charge in [-0.15, -0.1) is 0 Å². The minimum absolute atomic E-state index is 0.144. The van der Waals surface area contributed by atoms with E-state index in [9.17, 15) is 4.39 Å². The van der Waals surface area contributed by atoms with Crippen molar-refractivity contribution in [3.63, 3.8) is 0 Å². The second-order valence-electron chi connectivity index (χ2n) is 5.38. The number of hydrogen-bond donors (Lipinski definition) is 1. The summed E-state index contributed by atoms with van der Waals surface area (Å²) in [5.74, 6) is -0.144. The van der Waals surface area contributed by atoms with E-state index in [0.29, 0.717) is 6.04 Å². The van der Waals surface area contributed by atoms with E-state index >= 15 is 0 Å². The molecule has 1 rings (SSSR count). The third-order valence-corrected chi connectivity index (χ3v) is 3.00. The Bertz CT molecular complexity index is 328. The van der Waals surface area contributed by atoms with Crippen molar-refractivity contribution in [1.82, 2.24) is 5.32 Å². The molecule has 0 radical (unpaired) electrons. The van der Waals surface area contributed by atoms with Gasteiger partial charge in [-0.1, -0.05) is 32.9 Å². The first-order valence-electron chi connectivity index (χ1n) is 5.85. The first-order chi connectivity index (χ1) is 7.43. The van der Waals surface area contributed by atoms with E-state index in [0.717, 1.165) is 18.4 Å². The van der Waals surface area contributed by atoms with E-state index in [4.69, 9.17) is 0 Å². The second kappa shape index (κ2) is 5.44. The van der Waals surface area contributed by atoms with Crippen LogP contribution in [0.15, 0.2) is 24.3 Å². The van der Waals surface area contributed by atoms with Crippen LogP contribution in [0.3, 0.4) is 0 Å². The highest BCUT2D eigenvalue weighted by molar-refractivity contribution is 5.16. The van der Waals surface area contributed by atoms with Gasteiger partial charge in [-0.3, -0.25) is 0 Å². The van der Waals surface area contributed by atoms with Crippen molar-refractivity contribution in [2.75, 3.05) is 7.05 Å². The van der Waals surface area contributed by atoms with Crippen molar-refractivity contribution in [2.45, 2.75) is 39.7 Å². The molecule has 2 heteroatoms. The maximum Gasteiger partial charge on any atom is 0.123 e. The normalized spacial score (nSPS) is 13.8. The van der Waals surface area contributed by atoms with Gasteiger partial charge < -0.3 is 5.32 Å². The average molecular weight is 223 g/mol. The first-order valence-corrected chi connectivity index (χ1v) is 5.85. The van der Waals surface area contributed by atoms with Crippen LogP contribution in [0.25, 0.3) is 0 Å². The quantitative estimate of drug-likeness (QED) is 0.825. The van der Waals surface area contributed by atoms with Gasteiger partial charge in [0.2, 0.25) is 0 Å². The zero-order valence-corrected chi connectivity index (χ0v) is 10.7. The number of aryl methyl sites for hydroxylation is 1. The van der Waals surface area contributed by atoms with Crippen molar-refractivity contribution in [3.8, 4) is 0 Å². The summed E-state index contributed by atoms with van der Waals surface area (Å²) in [5.41, 5.74) is 1.31. The molecule has 0 aliphatic rings. The smallest absolute Gasteiger partial charge is 0.123 e. The zero-order chi connectivity index (χ0) is 12.2. The number of benzene rings is 1. The van der Waals surface area contributed by atoms with Crippen LogP contribution < -0.4 is 5.32 Å². The van der Waals surface area contributed by atoms with Gasteiger partial charge in [0, 0.05) is 6.04 Å². The molecule has 0 saturated heterocycles. The standard InChI is InChI=1S/C14H22FN/c1-14(2,3)13(16-4)9-8-11-6-5-7-12(15)10-11/h5-7,10,13,16H,8-9H2,1-4H3. The topological polar surface area (TPSA) is 12.0 Å². The van der Waals surface area contributed by atoms with Gasteiger partial charge in [0.15, 0.2) is 0 Å². The molecule has 16 heavy (non-hydrogen) atoms. The fourth-order valence-electron chi connectivity index (χ4n) is 2.01. The summed E-state index contributed by atoms with van der Waals surface area (Å²) < 4.78 is 13.0. The highest BCUT2D eigenvalue weighted by Gasteiger charge is 2.22. The molecular weight excluding hydrogens is 201 g/mol. The summed E-state index contributed by atoms with van der Waals surface area (Å²) in [6.07, 6.45) is 1.95. The molecule has 1 aromatic rings. The Morgan fingerprint density at radius 2 is 2.00 bits per heavy atom. The molecule has 1 nitrogen and oxygen atoms in total. The summed E-state index contributed by atoms with van der Waals surface area (Å²) in [5, 5.41) is 3.33. The van der Waals surface area contributed by atoms with Gasteiger partial charge in [0.25, 0.3) is 0 Å². The van der Waals surface area contributed by atoms with Crippen LogP contribution >= 0.6 is 0 Å². The van der Waals surface area contributed by atoms with Gasteiger partial charge in [-0.05, 0) is 43.0 Å². The lowest BCUT2D eigenvalue weighted by molar-refractivity contribution is 0.268. The Morgan fingerprint density at radius 3 is 2.50 bits per heavy atom. The van der Waals surface area contributed by atoms with Crippen LogP contribution in [0.5, 0.6) is 0 Å². The molecule has 0 heterocycles. The van der Waals surface area contributed by atoms with Crippen molar-refractivity contribution >= 4 is 0 Å². The predicted octanol–water partition coefficient (Wildman–Crippen LogP) is 3.39. The monoisotopic (exact) mass is 223 g/mol. The van der Waals surface area contributed by atoms with Crippen LogP contribution in [0, 0.1) is 11.2 Å². The second-order valence-corrected chi connectivity index (χ2v) is 5.38. The number of nitrogens with one attached hydrogen (secondary N) is 1. The van der Waals surface area contributed by atoms with E-state index in [1.807, 2.05) is 13.1 Å². The van der Waals surface area contributed by atoms with E-state index < -0.39 is 0 Å². The Labute approximate surface area is 98.1 Å². The van der Waals surface area contributed by atoms with Gasteiger partial charge in [-0.25, -0.2) is 4.39 Å². The largest absolute Gasteiger partial charge is 0.316 e. The third kappa shape index (κ3) is 3.93. The SMILES string of the molecule is CNC(CCc1cccc(F)c1)C(C)(C)C. The Kier molecular flexibility index (Phi) is 4.48. The minimum atomic E-state index is -0.144. The molecule has 0 fully saturated rings. The Hall–Kier alpha value is -0.890. The van der Waals surface area contributed by atoms with Crippen molar-refractivity contribution in [1.29, 1.82) is 0 Å². The van der Waals surface area contributed by atoms with Crippen LogP contribution in [-0.2, 0) is 6.42 Å². The molecule has 0 bridgehead atoms. The van der Waals surface area contributed by atoms with E-state index in [2.05, 4.69) is 26.1 Å². The number of rotatable bonds is 4. The number of halogens is 1. The lowest BCUT2D eigenvalue weighted by Gasteiger charge is -2.30. The summed E-state index contributed by atoms with van der Waals surface area (Å²) in [6, 6.07) is 7.32. The maximum atomic E-state index is 13.0. The molecule has 0 aromatic heterocycles. The van der Waals surface area contributed by atoms with Crippen LogP contribution in [-0.4, -0.2) is 13.1 Å². The van der Waals surface area contributed by atoms with Crippen molar-refractivity contribution in [2.24, 2.45) is 5.41 Å². The summed E-state index contributed by atoms with van der Waals surface area (Å²) in [7, 11) is 1.99. The fourth-order valence-corrected chi connectivity index (χ4v) is 2.01. The highest BCUT2D eigenvalue weighted by Crippen LogP contribution is 2.23. The van der Waals surface area contributed by atoms with Gasteiger partial charge >= 0.3 is 0 Å². The molecular formula is C14H22FN. The van der Waals surface area contributed by atoms with E-state index in [1.165, 1.54) is 6.07 Å². The van der Waals surface area contributed by atoms with Crippen molar-refractivity contribution < 1.29 is 4.39 Å². The lowest BCUT2D eigenvalue weighted by atomic mass is 9.83. The molecule has 0 amide bonds. The Balaban J connectivity index is 2.56. The molecule has 1 aromatic carbocycles. The van der Waals surface area contributed by atoms with E-state index in [-0.39, 0.29) is 11.2 Å².